The lowest BCUT2D eigenvalue weighted by Gasteiger charge is -2.20. The third kappa shape index (κ3) is 3.69. The first-order valence-electron chi connectivity index (χ1n) is 6.69. The molecule has 0 fully saturated rings. The molecule has 0 unspecified atom stereocenters. The van der Waals surface area contributed by atoms with Gasteiger partial charge in [-0.15, -0.1) is 11.3 Å². The molecule has 0 spiro atoms. The van der Waals surface area contributed by atoms with Crippen LogP contribution in [0.1, 0.15) is 21.8 Å². The molecule has 0 aliphatic rings. The van der Waals surface area contributed by atoms with E-state index in [1.165, 1.54) is 16.2 Å². The fourth-order valence-corrected chi connectivity index (χ4v) is 2.82. The summed E-state index contributed by atoms with van der Waals surface area (Å²) in [6, 6.07) is 3.57. The van der Waals surface area contributed by atoms with Crippen LogP contribution in [0.4, 0.5) is 0 Å². The van der Waals surface area contributed by atoms with Gasteiger partial charge in [0.2, 0.25) is 0 Å². The van der Waals surface area contributed by atoms with E-state index < -0.39 is 0 Å². The van der Waals surface area contributed by atoms with Gasteiger partial charge in [-0.1, -0.05) is 0 Å². The number of aliphatic hydroxyl groups excluding tert-OH is 2. The molecule has 0 atom stereocenters. The molecule has 2 heterocycles. The predicted octanol–water partition coefficient (Wildman–Crippen LogP) is 1.53. The van der Waals surface area contributed by atoms with Crippen molar-refractivity contribution < 1.29 is 19.4 Å². The largest absolute Gasteiger partial charge is 0.462 e. The number of amides is 1. The maximum Gasteiger partial charge on any atom is 0.273 e. The Morgan fingerprint density at radius 1 is 1.38 bits per heavy atom. The zero-order valence-corrected chi connectivity index (χ0v) is 12.6. The second-order valence-corrected chi connectivity index (χ2v) is 5.70. The molecule has 0 saturated heterocycles. The normalized spacial score (nSPS) is 10.8. The molecule has 0 aliphatic carbocycles. The zero-order chi connectivity index (χ0) is 15.2. The molecule has 0 aromatic carbocycles. The number of aryl methyl sites for hydroxylation is 1. The highest BCUT2D eigenvalue weighted by molar-refractivity contribution is 7.15. The number of nitrogens with zero attached hydrogens (tertiary/aromatic N) is 2. The fraction of sp³-hybridized carbons (Fsp3) is 0.429. The number of hydrogen-bond acceptors (Lipinski definition) is 6. The van der Waals surface area contributed by atoms with Gasteiger partial charge in [0.15, 0.2) is 10.8 Å². The Kier molecular flexibility index (Phi) is 5.49. The first kappa shape index (κ1) is 15.7. The Bertz CT molecular complexity index is 580. The molecule has 2 N–H and O–H groups in total. The second kappa shape index (κ2) is 7.35. The molecule has 0 bridgehead atoms. The van der Waals surface area contributed by atoms with Gasteiger partial charge >= 0.3 is 0 Å². The van der Waals surface area contributed by atoms with Crippen molar-refractivity contribution >= 4 is 17.2 Å². The molecule has 0 radical (unpaired) electrons. The van der Waals surface area contributed by atoms with Gasteiger partial charge in [0.25, 0.3) is 5.91 Å². The van der Waals surface area contributed by atoms with Gasteiger partial charge in [0.1, 0.15) is 5.69 Å². The third-order valence-electron chi connectivity index (χ3n) is 2.97. The van der Waals surface area contributed by atoms with E-state index in [1.54, 1.807) is 18.4 Å². The predicted molar refractivity (Wildman–Crippen MR) is 79.2 cm³/mol. The van der Waals surface area contributed by atoms with Crippen LogP contribution in [0.2, 0.25) is 0 Å². The van der Waals surface area contributed by atoms with Gasteiger partial charge in [-0.25, -0.2) is 4.98 Å². The summed E-state index contributed by atoms with van der Waals surface area (Å²) in [5.74, 6) is 0.398. The van der Waals surface area contributed by atoms with Crippen molar-refractivity contribution in [2.75, 3.05) is 26.3 Å². The van der Waals surface area contributed by atoms with Crippen molar-refractivity contribution in [3.8, 4) is 10.8 Å². The van der Waals surface area contributed by atoms with Crippen molar-refractivity contribution in [1.82, 2.24) is 9.88 Å². The lowest BCUT2D eigenvalue weighted by Crippen LogP contribution is -2.35. The summed E-state index contributed by atoms with van der Waals surface area (Å²) in [7, 11) is 0. The van der Waals surface area contributed by atoms with E-state index in [1.807, 2.05) is 6.92 Å². The van der Waals surface area contributed by atoms with Crippen molar-refractivity contribution in [1.29, 1.82) is 0 Å². The summed E-state index contributed by atoms with van der Waals surface area (Å²) in [4.78, 5) is 19.2. The quantitative estimate of drug-likeness (QED) is 0.810. The third-order valence-corrected chi connectivity index (χ3v) is 3.96. The van der Waals surface area contributed by atoms with E-state index in [2.05, 4.69) is 4.98 Å². The maximum absolute atomic E-state index is 12.5. The van der Waals surface area contributed by atoms with Crippen LogP contribution in [-0.2, 0) is 0 Å². The molecular weight excluding hydrogens is 292 g/mol. The smallest absolute Gasteiger partial charge is 0.273 e. The monoisotopic (exact) mass is 310 g/mol. The molecular formula is C14H18N2O4S. The Hall–Kier alpha value is -1.70. The molecule has 21 heavy (non-hydrogen) atoms. The number of hydrogen-bond donors (Lipinski definition) is 2. The minimum absolute atomic E-state index is 0.00288. The molecule has 114 valence electrons. The molecule has 2 aromatic rings. The number of furan rings is 1. The topological polar surface area (TPSA) is 86.8 Å². The van der Waals surface area contributed by atoms with Crippen LogP contribution in [0.5, 0.6) is 0 Å². The molecule has 0 saturated carbocycles. The van der Waals surface area contributed by atoms with Crippen LogP contribution >= 0.6 is 11.3 Å². The van der Waals surface area contributed by atoms with Gasteiger partial charge in [-0.2, -0.15) is 0 Å². The van der Waals surface area contributed by atoms with E-state index in [4.69, 9.17) is 14.6 Å². The Morgan fingerprint density at radius 3 is 2.81 bits per heavy atom. The van der Waals surface area contributed by atoms with Crippen molar-refractivity contribution in [3.63, 3.8) is 0 Å². The van der Waals surface area contributed by atoms with Gasteiger partial charge in [-0.3, -0.25) is 4.79 Å². The van der Waals surface area contributed by atoms with E-state index in [0.29, 0.717) is 29.4 Å². The van der Waals surface area contributed by atoms with Crippen LogP contribution in [0.25, 0.3) is 10.8 Å². The zero-order valence-electron chi connectivity index (χ0n) is 11.8. The average Bonchev–Trinajstić information content (AvgIpc) is 3.11. The molecule has 2 aromatic heterocycles. The van der Waals surface area contributed by atoms with E-state index >= 15 is 0 Å². The number of aromatic nitrogens is 1. The SMILES string of the molecule is Cc1sc(-c2ccco2)nc1C(=O)N(CCO)CCCO. The lowest BCUT2D eigenvalue weighted by molar-refractivity contribution is 0.0704. The number of carbonyl (C=O) groups is 1. The van der Waals surface area contributed by atoms with Crippen molar-refractivity contribution in [3.05, 3.63) is 29.0 Å². The number of carbonyl (C=O) groups excluding carboxylic acids is 1. The van der Waals surface area contributed by atoms with Gasteiger partial charge in [0.05, 0.1) is 12.9 Å². The minimum atomic E-state index is -0.232. The first-order valence-corrected chi connectivity index (χ1v) is 7.51. The number of thiazole rings is 1. The Morgan fingerprint density at radius 2 is 2.19 bits per heavy atom. The van der Waals surface area contributed by atoms with Crippen molar-refractivity contribution in [2.24, 2.45) is 0 Å². The van der Waals surface area contributed by atoms with Crippen molar-refractivity contribution in [2.45, 2.75) is 13.3 Å². The first-order chi connectivity index (χ1) is 10.2. The summed E-state index contributed by atoms with van der Waals surface area (Å²) < 4.78 is 5.29. The van der Waals surface area contributed by atoms with Crippen LogP contribution in [0, 0.1) is 6.92 Å². The van der Waals surface area contributed by atoms with Gasteiger partial charge in [-0.05, 0) is 25.5 Å². The van der Waals surface area contributed by atoms with E-state index in [9.17, 15) is 4.79 Å². The number of rotatable bonds is 7. The maximum atomic E-state index is 12.5. The van der Waals surface area contributed by atoms with Crippen LogP contribution in [0.3, 0.4) is 0 Å². The highest BCUT2D eigenvalue weighted by Gasteiger charge is 2.22. The van der Waals surface area contributed by atoms with Gasteiger partial charge < -0.3 is 19.5 Å². The summed E-state index contributed by atoms with van der Waals surface area (Å²) in [5.41, 5.74) is 0.373. The second-order valence-electron chi connectivity index (χ2n) is 4.49. The summed E-state index contributed by atoms with van der Waals surface area (Å²) in [5, 5.41) is 18.6. The summed E-state index contributed by atoms with van der Waals surface area (Å²) in [6.07, 6.45) is 2.03. The van der Waals surface area contributed by atoms with Crippen LogP contribution < -0.4 is 0 Å². The molecule has 6 nitrogen and oxygen atoms in total. The molecule has 1 amide bonds. The summed E-state index contributed by atoms with van der Waals surface area (Å²) >= 11 is 1.40. The van der Waals surface area contributed by atoms with E-state index in [0.717, 1.165) is 4.88 Å². The summed E-state index contributed by atoms with van der Waals surface area (Å²) in [6.45, 7) is 2.34. The van der Waals surface area contributed by atoms with Crippen LogP contribution in [0.15, 0.2) is 22.8 Å². The highest BCUT2D eigenvalue weighted by atomic mass is 32.1. The fourth-order valence-electron chi connectivity index (χ4n) is 1.95. The Balaban J connectivity index is 2.21. The average molecular weight is 310 g/mol. The Labute approximate surface area is 126 Å². The lowest BCUT2D eigenvalue weighted by atomic mass is 10.3. The standard InChI is InChI=1S/C14H18N2O4S/c1-10-12(14(19)16(6-8-18)5-3-7-17)15-13(21-10)11-4-2-9-20-11/h2,4,9,17-18H,3,5-8H2,1H3. The van der Waals surface area contributed by atoms with Gasteiger partial charge in [0, 0.05) is 24.6 Å². The molecule has 7 heteroatoms. The van der Waals surface area contributed by atoms with E-state index in [-0.39, 0.29) is 25.7 Å². The molecule has 0 aliphatic heterocycles. The number of aliphatic hydroxyl groups is 2. The molecule has 2 rings (SSSR count). The van der Waals surface area contributed by atoms with Crippen LogP contribution in [-0.4, -0.2) is 52.3 Å². The highest BCUT2D eigenvalue weighted by Crippen LogP contribution is 2.28. The minimum Gasteiger partial charge on any atom is -0.462 e.